The van der Waals surface area contributed by atoms with Crippen molar-refractivity contribution in [2.75, 3.05) is 24.2 Å². The van der Waals surface area contributed by atoms with Gasteiger partial charge in [0.15, 0.2) is 0 Å². The topological polar surface area (TPSA) is 47.3 Å². The zero-order valence-corrected chi connectivity index (χ0v) is 10.7. The summed E-state index contributed by atoms with van der Waals surface area (Å²) < 4.78 is 6.36. The lowest BCUT2D eigenvalue weighted by molar-refractivity contribution is 0.338. The van der Waals surface area contributed by atoms with Crippen molar-refractivity contribution in [3.05, 3.63) is 16.6 Å². The van der Waals surface area contributed by atoms with Crippen LogP contribution in [0.3, 0.4) is 0 Å². The summed E-state index contributed by atoms with van der Waals surface area (Å²) >= 11 is 3.42. The van der Waals surface area contributed by atoms with Crippen molar-refractivity contribution in [3.8, 4) is 5.75 Å². The molecule has 84 valence electrons. The van der Waals surface area contributed by atoms with Crippen molar-refractivity contribution < 1.29 is 4.74 Å². The molecule has 1 aromatic carbocycles. The normalized spacial score (nSPS) is 10.1. The van der Waals surface area contributed by atoms with Crippen LogP contribution in [0.25, 0.3) is 0 Å². The molecule has 1 rings (SSSR count). The van der Waals surface area contributed by atoms with Gasteiger partial charge in [-0.3, -0.25) is 0 Å². The SMILES string of the molecule is CCCNc1cc(OCC)c(Br)cc1N. The van der Waals surface area contributed by atoms with Gasteiger partial charge in [-0.25, -0.2) is 0 Å². The Hall–Kier alpha value is -0.900. The molecule has 0 saturated heterocycles. The van der Waals surface area contributed by atoms with Gasteiger partial charge in [0.05, 0.1) is 22.5 Å². The van der Waals surface area contributed by atoms with E-state index in [0.717, 1.165) is 34.6 Å². The van der Waals surface area contributed by atoms with Gasteiger partial charge in [-0.2, -0.15) is 0 Å². The highest BCUT2D eigenvalue weighted by atomic mass is 79.9. The minimum atomic E-state index is 0.649. The van der Waals surface area contributed by atoms with Crippen LogP contribution in [0.4, 0.5) is 11.4 Å². The van der Waals surface area contributed by atoms with Crippen LogP contribution in [0.1, 0.15) is 20.3 Å². The summed E-state index contributed by atoms with van der Waals surface area (Å²) in [6.07, 6.45) is 1.07. The second-order valence-electron chi connectivity index (χ2n) is 3.23. The molecule has 0 saturated carbocycles. The molecule has 0 heterocycles. The molecule has 0 aliphatic rings. The van der Waals surface area contributed by atoms with E-state index in [4.69, 9.17) is 10.5 Å². The van der Waals surface area contributed by atoms with E-state index in [1.54, 1.807) is 0 Å². The largest absolute Gasteiger partial charge is 0.493 e. The summed E-state index contributed by atoms with van der Waals surface area (Å²) in [5, 5.41) is 3.26. The molecule has 4 heteroatoms. The quantitative estimate of drug-likeness (QED) is 0.809. The molecule has 0 aromatic heterocycles. The molecule has 0 spiro atoms. The van der Waals surface area contributed by atoms with Gasteiger partial charge in [0, 0.05) is 12.6 Å². The average Bonchev–Trinajstić information content (AvgIpc) is 2.20. The summed E-state index contributed by atoms with van der Waals surface area (Å²) in [5.74, 6) is 0.824. The van der Waals surface area contributed by atoms with Gasteiger partial charge in [-0.1, -0.05) is 6.92 Å². The van der Waals surface area contributed by atoms with E-state index in [1.165, 1.54) is 0 Å². The lowest BCUT2D eigenvalue weighted by atomic mass is 10.2. The Morgan fingerprint density at radius 1 is 1.40 bits per heavy atom. The van der Waals surface area contributed by atoms with Crippen molar-refractivity contribution in [1.29, 1.82) is 0 Å². The zero-order chi connectivity index (χ0) is 11.3. The minimum Gasteiger partial charge on any atom is -0.493 e. The van der Waals surface area contributed by atoms with Crippen LogP contribution in [-0.2, 0) is 0 Å². The van der Waals surface area contributed by atoms with Crippen molar-refractivity contribution in [2.24, 2.45) is 0 Å². The summed E-state index contributed by atoms with van der Waals surface area (Å²) in [7, 11) is 0. The fraction of sp³-hybridized carbons (Fsp3) is 0.455. The fourth-order valence-electron chi connectivity index (χ4n) is 1.25. The van der Waals surface area contributed by atoms with Crippen LogP contribution in [0.2, 0.25) is 0 Å². The molecule has 0 aliphatic heterocycles. The van der Waals surface area contributed by atoms with E-state index in [-0.39, 0.29) is 0 Å². The third kappa shape index (κ3) is 3.30. The maximum absolute atomic E-state index is 5.88. The van der Waals surface area contributed by atoms with Crippen LogP contribution < -0.4 is 15.8 Å². The monoisotopic (exact) mass is 272 g/mol. The first-order valence-electron chi connectivity index (χ1n) is 5.14. The number of anilines is 2. The Morgan fingerprint density at radius 3 is 2.73 bits per heavy atom. The number of hydrogen-bond acceptors (Lipinski definition) is 3. The summed E-state index contributed by atoms with van der Waals surface area (Å²) in [5.41, 5.74) is 7.55. The molecular formula is C11H17BrN2O. The molecule has 0 unspecified atom stereocenters. The highest BCUT2D eigenvalue weighted by Gasteiger charge is 2.06. The predicted molar refractivity (Wildman–Crippen MR) is 68.5 cm³/mol. The van der Waals surface area contributed by atoms with Crippen molar-refractivity contribution >= 4 is 27.3 Å². The second kappa shape index (κ2) is 5.85. The summed E-state index contributed by atoms with van der Waals surface area (Å²) in [6.45, 7) is 5.64. The first-order chi connectivity index (χ1) is 7.19. The first kappa shape index (κ1) is 12.2. The van der Waals surface area contributed by atoms with Gasteiger partial charge < -0.3 is 15.8 Å². The van der Waals surface area contributed by atoms with Crippen LogP contribution in [0.15, 0.2) is 16.6 Å². The number of halogens is 1. The number of benzene rings is 1. The Morgan fingerprint density at radius 2 is 2.13 bits per heavy atom. The van der Waals surface area contributed by atoms with Crippen molar-refractivity contribution in [2.45, 2.75) is 20.3 Å². The van der Waals surface area contributed by atoms with Crippen molar-refractivity contribution in [3.63, 3.8) is 0 Å². The molecule has 3 nitrogen and oxygen atoms in total. The number of rotatable bonds is 5. The van der Waals surface area contributed by atoms with Gasteiger partial charge in [-0.15, -0.1) is 0 Å². The second-order valence-corrected chi connectivity index (χ2v) is 4.08. The number of nitrogen functional groups attached to an aromatic ring is 1. The molecule has 0 radical (unpaired) electrons. The lowest BCUT2D eigenvalue weighted by Crippen LogP contribution is -2.04. The van der Waals surface area contributed by atoms with Crippen LogP contribution in [0.5, 0.6) is 5.75 Å². The molecule has 1 aromatic rings. The molecule has 0 aliphatic carbocycles. The van der Waals surface area contributed by atoms with E-state index in [9.17, 15) is 0 Å². The maximum atomic E-state index is 5.88. The van der Waals surface area contributed by atoms with E-state index in [1.807, 2.05) is 19.1 Å². The van der Waals surface area contributed by atoms with Crippen molar-refractivity contribution in [1.82, 2.24) is 0 Å². The molecule has 0 amide bonds. The Labute approximate surface area is 99.1 Å². The minimum absolute atomic E-state index is 0.649. The molecule has 0 atom stereocenters. The molecule has 0 fully saturated rings. The number of hydrogen-bond donors (Lipinski definition) is 2. The third-order valence-electron chi connectivity index (χ3n) is 1.97. The third-order valence-corrected chi connectivity index (χ3v) is 2.59. The fourth-order valence-corrected chi connectivity index (χ4v) is 1.72. The van der Waals surface area contributed by atoms with Gasteiger partial charge >= 0.3 is 0 Å². The number of nitrogens with two attached hydrogens (primary N) is 1. The highest BCUT2D eigenvalue weighted by Crippen LogP contribution is 2.33. The first-order valence-corrected chi connectivity index (χ1v) is 5.94. The van der Waals surface area contributed by atoms with Crippen LogP contribution in [-0.4, -0.2) is 13.2 Å². The summed E-state index contributed by atoms with van der Waals surface area (Å²) in [4.78, 5) is 0. The molecule has 15 heavy (non-hydrogen) atoms. The highest BCUT2D eigenvalue weighted by molar-refractivity contribution is 9.10. The number of nitrogens with one attached hydrogen (secondary N) is 1. The number of ether oxygens (including phenoxy) is 1. The van der Waals surface area contributed by atoms with E-state index in [0.29, 0.717) is 6.61 Å². The molecule has 3 N–H and O–H groups in total. The lowest BCUT2D eigenvalue weighted by Gasteiger charge is -2.12. The Kier molecular flexibility index (Phi) is 4.75. The predicted octanol–water partition coefficient (Wildman–Crippen LogP) is 3.25. The Bertz CT molecular complexity index is 329. The standard InChI is InChI=1S/C11H17BrN2O/c1-3-5-14-10-7-11(15-4-2)8(12)6-9(10)13/h6-7,14H,3-5,13H2,1-2H3. The van der Waals surface area contributed by atoms with Gasteiger partial charge in [0.25, 0.3) is 0 Å². The van der Waals surface area contributed by atoms with Crippen LogP contribution in [0, 0.1) is 0 Å². The van der Waals surface area contributed by atoms with E-state index < -0.39 is 0 Å². The van der Waals surface area contributed by atoms with E-state index in [2.05, 4.69) is 28.2 Å². The zero-order valence-electron chi connectivity index (χ0n) is 9.14. The average molecular weight is 273 g/mol. The van der Waals surface area contributed by atoms with Gasteiger partial charge in [0.2, 0.25) is 0 Å². The summed E-state index contributed by atoms with van der Waals surface area (Å²) in [6, 6.07) is 3.79. The van der Waals surface area contributed by atoms with Gasteiger partial charge in [0.1, 0.15) is 5.75 Å². The Balaban J connectivity index is 2.90. The molecular weight excluding hydrogens is 256 g/mol. The van der Waals surface area contributed by atoms with Crippen LogP contribution >= 0.6 is 15.9 Å². The van der Waals surface area contributed by atoms with E-state index >= 15 is 0 Å². The molecule has 0 bridgehead atoms. The van der Waals surface area contributed by atoms with Gasteiger partial charge in [-0.05, 0) is 35.3 Å². The smallest absolute Gasteiger partial charge is 0.135 e. The maximum Gasteiger partial charge on any atom is 0.135 e.